The molecule has 0 aliphatic carbocycles. The molecular weight excluding hydrogens is 232 g/mol. The minimum Gasteiger partial charge on any atom is -0.447 e. The smallest absolute Gasteiger partial charge is 0.417 e. The van der Waals surface area contributed by atoms with Gasteiger partial charge in [0.1, 0.15) is 12.9 Å². The molecule has 1 saturated heterocycles. The summed E-state index contributed by atoms with van der Waals surface area (Å²) in [6.07, 6.45) is 0.828. The van der Waals surface area contributed by atoms with E-state index in [1.54, 1.807) is 0 Å². The van der Waals surface area contributed by atoms with Gasteiger partial charge in [0.15, 0.2) is 0 Å². The van der Waals surface area contributed by atoms with Crippen molar-refractivity contribution in [2.45, 2.75) is 19.9 Å². The third-order valence-corrected chi connectivity index (χ3v) is 2.60. The van der Waals surface area contributed by atoms with Crippen LogP contribution in [0.5, 0.6) is 0 Å². The van der Waals surface area contributed by atoms with Crippen LogP contribution in [0.1, 0.15) is 13.8 Å². The first-order valence-corrected chi connectivity index (χ1v) is 5.28. The highest BCUT2D eigenvalue weighted by Gasteiger charge is 2.37. The zero-order chi connectivity index (χ0) is 11.7. The van der Waals surface area contributed by atoms with Gasteiger partial charge in [0.05, 0.1) is 6.04 Å². The predicted molar refractivity (Wildman–Crippen MR) is 57.3 cm³/mol. The molecule has 1 amide bonds. The lowest BCUT2D eigenvalue weighted by atomic mass is 10.1. The van der Waals surface area contributed by atoms with Gasteiger partial charge in [-0.2, -0.15) is 4.98 Å². The second kappa shape index (κ2) is 4.21. The lowest BCUT2D eigenvalue weighted by molar-refractivity contribution is 0.177. The fourth-order valence-electron chi connectivity index (χ4n) is 1.54. The second-order valence-electron chi connectivity index (χ2n) is 3.81. The largest absolute Gasteiger partial charge is 0.447 e. The zero-order valence-electron chi connectivity index (χ0n) is 8.92. The number of cyclic esters (lactones) is 1. The normalized spacial score (nSPS) is 20.4. The number of rotatable bonds is 2. The molecule has 0 aromatic carbocycles. The number of anilines is 1. The summed E-state index contributed by atoms with van der Waals surface area (Å²) in [6.45, 7) is 4.35. The van der Waals surface area contributed by atoms with Crippen LogP contribution >= 0.6 is 11.6 Å². The van der Waals surface area contributed by atoms with Crippen molar-refractivity contribution in [3.05, 3.63) is 11.6 Å². The molecule has 1 aliphatic rings. The summed E-state index contributed by atoms with van der Waals surface area (Å²) in [5.41, 5.74) is 0. The molecular formula is C9H11ClN4O2. The Morgan fingerprint density at radius 1 is 1.56 bits per heavy atom. The van der Waals surface area contributed by atoms with Crippen LogP contribution in [0, 0.1) is 5.92 Å². The van der Waals surface area contributed by atoms with Gasteiger partial charge in [-0.25, -0.2) is 19.7 Å². The molecule has 0 saturated carbocycles. The molecule has 1 aliphatic heterocycles. The van der Waals surface area contributed by atoms with Crippen molar-refractivity contribution in [3.63, 3.8) is 0 Å². The molecule has 2 heterocycles. The molecule has 0 bridgehead atoms. The maximum Gasteiger partial charge on any atom is 0.417 e. The van der Waals surface area contributed by atoms with Crippen molar-refractivity contribution in [1.29, 1.82) is 0 Å². The molecule has 1 atom stereocenters. The highest BCUT2D eigenvalue weighted by atomic mass is 35.5. The van der Waals surface area contributed by atoms with Crippen molar-refractivity contribution < 1.29 is 9.53 Å². The monoisotopic (exact) mass is 242 g/mol. The van der Waals surface area contributed by atoms with Crippen LogP contribution < -0.4 is 4.90 Å². The fraction of sp³-hybridized carbons (Fsp3) is 0.556. The molecule has 2 rings (SSSR count). The molecule has 6 nitrogen and oxygen atoms in total. The summed E-state index contributed by atoms with van der Waals surface area (Å²) in [4.78, 5) is 24.5. The van der Waals surface area contributed by atoms with Crippen molar-refractivity contribution in [2.75, 3.05) is 11.5 Å². The third-order valence-electron chi connectivity index (χ3n) is 2.42. The van der Waals surface area contributed by atoms with E-state index < -0.39 is 6.09 Å². The quantitative estimate of drug-likeness (QED) is 0.786. The SMILES string of the molecule is CC(C)[C@H]1COC(=O)N1c1ncnc(Cl)n1. The second-order valence-corrected chi connectivity index (χ2v) is 4.15. The molecule has 86 valence electrons. The topological polar surface area (TPSA) is 68.2 Å². The van der Waals surface area contributed by atoms with Crippen molar-refractivity contribution in [3.8, 4) is 0 Å². The predicted octanol–water partition coefficient (Wildman–Crippen LogP) is 1.51. The Morgan fingerprint density at radius 3 is 2.94 bits per heavy atom. The third kappa shape index (κ3) is 1.92. The average molecular weight is 243 g/mol. The van der Waals surface area contributed by atoms with E-state index in [1.165, 1.54) is 11.2 Å². The Kier molecular flexibility index (Phi) is 2.91. The number of aromatic nitrogens is 3. The van der Waals surface area contributed by atoms with E-state index in [0.29, 0.717) is 6.61 Å². The van der Waals surface area contributed by atoms with Crippen LogP contribution in [-0.4, -0.2) is 33.7 Å². The first-order valence-electron chi connectivity index (χ1n) is 4.90. The minimum atomic E-state index is -0.444. The Bertz CT molecular complexity index is 412. The van der Waals surface area contributed by atoms with Crippen molar-refractivity contribution in [2.24, 2.45) is 5.92 Å². The van der Waals surface area contributed by atoms with Gasteiger partial charge in [-0.3, -0.25) is 0 Å². The molecule has 1 fully saturated rings. The van der Waals surface area contributed by atoms with Crippen molar-refractivity contribution in [1.82, 2.24) is 15.0 Å². The highest BCUT2D eigenvalue weighted by molar-refractivity contribution is 6.28. The van der Waals surface area contributed by atoms with Crippen LogP contribution in [0.3, 0.4) is 0 Å². The number of carbonyl (C=O) groups is 1. The van der Waals surface area contributed by atoms with E-state index >= 15 is 0 Å². The van der Waals surface area contributed by atoms with Gasteiger partial charge in [-0.1, -0.05) is 13.8 Å². The van der Waals surface area contributed by atoms with Crippen LogP contribution in [-0.2, 0) is 4.74 Å². The van der Waals surface area contributed by atoms with E-state index in [-0.39, 0.29) is 23.2 Å². The van der Waals surface area contributed by atoms with E-state index in [1.807, 2.05) is 13.8 Å². The van der Waals surface area contributed by atoms with E-state index in [0.717, 1.165) is 0 Å². The van der Waals surface area contributed by atoms with Gasteiger partial charge in [0.2, 0.25) is 11.2 Å². The molecule has 1 aromatic rings. The molecule has 0 N–H and O–H groups in total. The first-order chi connectivity index (χ1) is 7.59. The van der Waals surface area contributed by atoms with Crippen molar-refractivity contribution >= 4 is 23.6 Å². The molecule has 16 heavy (non-hydrogen) atoms. The number of nitrogens with zero attached hydrogens (tertiary/aromatic N) is 4. The van der Waals surface area contributed by atoms with Crippen LogP contribution in [0.15, 0.2) is 6.33 Å². The number of hydrogen-bond acceptors (Lipinski definition) is 5. The molecule has 0 unspecified atom stereocenters. The highest BCUT2D eigenvalue weighted by Crippen LogP contribution is 2.24. The summed E-state index contributed by atoms with van der Waals surface area (Å²) < 4.78 is 4.98. The maximum absolute atomic E-state index is 11.6. The Balaban J connectivity index is 2.33. The van der Waals surface area contributed by atoms with Gasteiger partial charge in [-0.15, -0.1) is 0 Å². The van der Waals surface area contributed by atoms with Crippen LogP contribution in [0.2, 0.25) is 5.28 Å². The minimum absolute atomic E-state index is 0.0622. The first kappa shape index (κ1) is 11.1. The number of hydrogen-bond donors (Lipinski definition) is 0. The Labute approximate surface area is 97.6 Å². The number of ether oxygens (including phenoxy) is 1. The summed E-state index contributed by atoms with van der Waals surface area (Å²) >= 11 is 5.66. The summed E-state index contributed by atoms with van der Waals surface area (Å²) in [5.74, 6) is 0.489. The van der Waals surface area contributed by atoms with E-state index in [9.17, 15) is 4.79 Å². The fourth-order valence-corrected chi connectivity index (χ4v) is 1.66. The maximum atomic E-state index is 11.6. The number of carbonyl (C=O) groups excluding carboxylic acids is 1. The molecule has 7 heteroatoms. The lowest BCUT2D eigenvalue weighted by Crippen LogP contribution is -2.38. The number of halogens is 1. The molecule has 1 aromatic heterocycles. The van der Waals surface area contributed by atoms with Gasteiger partial charge < -0.3 is 4.74 Å². The van der Waals surface area contributed by atoms with Crippen LogP contribution in [0.4, 0.5) is 10.7 Å². The van der Waals surface area contributed by atoms with Gasteiger partial charge in [0.25, 0.3) is 0 Å². The van der Waals surface area contributed by atoms with Crippen LogP contribution in [0.25, 0.3) is 0 Å². The van der Waals surface area contributed by atoms with Gasteiger partial charge in [0, 0.05) is 0 Å². The van der Waals surface area contributed by atoms with E-state index in [4.69, 9.17) is 16.3 Å². The average Bonchev–Trinajstić information content (AvgIpc) is 2.60. The van der Waals surface area contributed by atoms with Gasteiger partial charge in [-0.05, 0) is 17.5 Å². The molecule has 0 radical (unpaired) electrons. The summed E-state index contributed by atoms with van der Waals surface area (Å²) in [6, 6.07) is -0.0639. The Morgan fingerprint density at radius 2 is 2.31 bits per heavy atom. The zero-order valence-corrected chi connectivity index (χ0v) is 9.68. The number of amides is 1. The lowest BCUT2D eigenvalue weighted by Gasteiger charge is -2.21. The summed E-state index contributed by atoms with van der Waals surface area (Å²) in [5, 5.41) is 0.0622. The van der Waals surface area contributed by atoms with Gasteiger partial charge >= 0.3 is 6.09 Å². The summed E-state index contributed by atoms with van der Waals surface area (Å²) in [7, 11) is 0. The van der Waals surface area contributed by atoms with E-state index in [2.05, 4.69) is 15.0 Å². The Hall–Kier alpha value is -1.43. The molecule has 0 spiro atoms. The standard InChI is InChI=1S/C9H11ClN4O2/c1-5(2)6-3-16-9(15)14(6)8-12-4-11-7(10)13-8/h4-6H,3H2,1-2H3/t6-/m1/s1.